The van der Waals surface area contributed by atoms with E-state index in [1.54, 1.807) is 17.5 Å². The van der Waals surface area contributed by atoms with Gasteiger partial charge < -0.3 is 5.73 Å². The first-order valence-corrected chi connectivity index (χ1v) is 5.07. The highest BCUT2D eigenvalue weighted by Crippen LogP contribution is 2.38. The molecule has 1 aromatic heterocycles. The van der Waals surface area contributed by atoms with E-state index in [2.05, 4.69) is 12.6 Å². The summed E-state index contributed by atoms with van der Waals surface area (Å²) in [5, 5.41) is 13.2. The Kier molecular flexibility index (Phi) is 2.09. The van der Waals surface area contributed by atoms with Gasteiger partial charge in [0.2, 0.25) is 0 Å². The highest BCUT2D eigenvalue weighted by molar-refractivity contribution is 7.80. The molecular weight excluding hydrogens is 220 g/mol. The van der Waals surface area contributed by atoms with Gasteiger partial charge in [-0.1, -0.05) is 0 Å². The Morgan fingerprint density at radius 3 is 2.86 bits per heavy atom. The maximum Gasteiger partial charge on any atom is 0.300 e. The van der Waals surface area contributed by atoms with Crippen molar-refractivity contribution in [2.75, 3.05) is 5.73 Å². The number of thiol groups is 1. The summed E-state index contributed by atoms with van der Waals surface area (Å²) in [4.78, 5) is 10.7. The lowest BCUT2D eigenvalue weighted by Crippen LogP contribution is -1.90. The molecule has 1 heterocycles. The van der Waals surface area contributed by atoms with Gasteiger partial charge in [-0.3, -0.25) is 10.1 Å². The largest absolute Gasteiger partial charge is 0.398 e. The van der Waals surface area contributed by atoms with E-state index >= 15 is 0 Å². The van der Waals surface area contributed by atoms with E-state index in [9.17, 15) is 10.1 Å². The quantitative estimate of drug-likeness (QED) is 0.446. The molecule has 2 rings (SSSR count). The molecule has 0 fully saturated rings. The fourth-order valence-corrected chi connectivity index (χ4v) is 2.59. The Hall–Kier alpha value is -1.27. The average molecular weight is 226 g/mol. The van der Waals surface area contributed by atoms with Gasteiger partial charge in [-0.2, -0.15) is 0 Å². The number of benzene rings is 1. The van der Waals surface area contributed by atoms with Crippen LogP contribution in [-0.4, -0.2) is 4.92 Å². The molecule has 0 saturated carbocycles. The molecule has 14 heavy (non-hydrogen) atoms. The second-order valence-corrected chi connectivity index (χ2v) is 4.12. The van der Waals surface area contributed by atoms with Crippen LogP contribution in [0.1, 0.15) is 0 Å². The molecule has 1 aromatic carbocycles. The zero-order valence-electron chi connectivity index (χ0n) is 6.93. The fraction of sp³-hybridized carbons (Fsp3) is 0. The molecule has 0 aliphatic heterocycles. The maximum atomic E-state index is 10.8. The zero-order chi connectivity index (χ0) is 10.3. The van der Waals surface area contributed by atoms with Gasteiger partial charge in [-0.05, 0) is 12.1 Å². The zero-order valence-corrected chi connectivity index (χ0v) is 8.64. The van der Waals surface area contributed by atoms with Crippen LogP contribution in [0.25, 0.3) is 10.1 Å². The second kappa shape index (κ2) is 3.14. The van der Waals surface area contributed by atoms with Crippen LogP contribution in [0.4, 0.5) is 11.4 Å². The third-order valence-electron chi connectivity index (χ3n) is 1.91. The van der Waals surface area contributed by atoms with Crippen molar-refractivity contribution in [3.8, 4) is 0 Å². The molecule has 4 nitrogen and oxygen atoms in total. The Morgan fingerprint density at radius 2 is 2.21 bits per heavy atom. The number of nitro benzene ring substituents is 1. The third-order valence-corrected chi connectivity index (χ3v) is 3.29. The smallest absolute Gasteiger partial charge is 0.300 e. The van der Waals surface area contributed by atoms with Gasteiger partial charge in [-0.25, -0.2) is 0 Å². The SMILES string of the molecule is Nc1csc2c([N+](=O)[O-])c(S)ccc12. The lowest BCUT2D eigenvalue weighted by atomic mass is 10.2. The number of thiophene rings is 1. The van der Waals surface area contributed by atoms with Gasteiger partial charge in [0.1, 0.15) is 4.70 Å². The van der Waals surface area contributed by atoms with Gasteiger partial charge in [0.25, 0.3) is 5.69 Å². The van der Waals surface area contributed by atoms with E-state index in [0.29, 0.717) is 15.3 Å². The van der Waals surface area contributed by atoms with Crippen molar-refractivity contribution in [2.45, 2.75) is 4.90 Å². The minimum absolute atomic E-state index is 0.0348. The first-order chi connectivity index (χ1) is 6.61. The number of nitrogens with two attached hydrogens (primary N) is 1. The normalized spacial score (nSPS) is 10.6. The summed E-state index contributed by atoms with van der Waals surface area (Å²) >= 11 is 5.31. The molecule has 6 heteroatoms. The number of nitrogen functional groups attached to an aromatic ring is 1. The van der Waals surface area contributed by atoms with Crippen molar-refractivity contribution < 1.29 is 4.92 Å². The van der Waals surface area contributed by atoms with Crippen LogP contribution in [-0.2, 0) is 0 Å². The van der Waals surface area contributed by atoms with Crippen LogP contribution in [0.3, 0.4) is 0 Å². The number of anilines is 1. The fourth-order valence-electron chi connectivity index (χ4n) is 1.27. The van der Waals surface area contributed by atoms with Crippen LogP contribution in [0.2, 0.25) is 0 Å². The molecule has 0 amide bonds. The van der Waals surface area contributed by atoms with E-state index < -0.39 is 4.92 Å². The van der Waals surface area contributed by atoms with E-state index in [-0.39, 0.29) is 5.69 Å². The summed E-state index contributed by atoms with van der Waals surface area (Å²) in [5.41, 5.74) is 6.26. The number of rotatable bonds is 1. The van der Waals surface area contributed by atoms with Crippen molar-refractivity contribution in [3.63, 3.8) is 0 Å². The molecule has 0 aliphatic rings. The lowest BCUT2D eigenvalue weighted by Gasteiger charge is -1.97. The molecule has 0 bridgehead atoms. The molecule has 0 saturated heterocycles. The molecule has 2 aromatic rings. The van der Waals surface area contributed by atoms with E-state index in [0.717, 1.165) is 5.39 Å². The summed E-state index contributed by atoms with van der Waals surface area (Å²) < 4.78 is 0.583. The van der Waals surface area contributed by atoms with Crippen LogP contribution >= 0.6 is 24.0 Å². The monoisotopic (exact) mass is 226 g/mol. The van der Waals surface area contributed by atoms with Gasteiger partial charge in [-0.15, -0.1) is 24.0 Å². The lowest BCUT2D eigenvalue weighted by molar-refractivity contribution is -0.385. The molecule has 2 N–H and O–H groups in total. The van der Waals surface area contributed by atoms with Gasteiger partial charge >= 0.3 is 0 Å². The van der Waals surface area contributed by atoms with Gasteiger partial charge in [0.15, 0.2) is 0 Å². The Labute approximate surface area is 88.9 Å². The van der Waals surface area contributed by atoms with Gasteiger partial charge in [0, 0.05) is 10.8 Å². The molecule has 0 atom stereocenters. The molecule has 0 radical (unpaired) electrons. The summed E-state index contributed by atoms with van der Waals surface area (Å²) in [6.45, 7) is 0. The highest BCUT2D eigenvalue weighted by atomic mass is 32.1. The summed E-state index contributed by atoms with van der Waals surface area (Å²) in [7, 11) is 0. The standard InChI is InChI=1S/C8H6N2O2S2/c9-5-3-14-8-4(5)1-2-6(13)7(8)10(11)12/h1-3,13H,9H2. The van der Waals surface area contributed by atoms with Crippen molar-refractivity contribution in [1.82, 2.24) is 0 Å². The van der Waals surface area contributed by atoms with Gasteiger partial charge in [0.05, 0.1) is 15.5 Å². The minimum atomic E-state index is -0.430. The topological polar surface area (TPSA) is 69.2 Å². The number of hydrogen-bond acceptors (Lipinski definition) is 5. The third kappa shape index (κ3) is 1.23. The molecule has 0 spiro atoms. The van der Waals surface area contributed by atoms with Crippen LogP contribution in [0.5, 0.6) is 0 Å². The van der Waals surface area contributed by atoms with Crippen LogP contribution < -0.4 is 5.73 Å². The summed E-state index contributed by atoms with van der Waals surface area (Å²) in [6, 6.07) is 3.34. The minimum Gasteiger partial charge on any atom is -0.398 e. The van der Waals surface area contributed by atoms with Crippen molar-refractivity contribution >= 4 is 45.4 Å². The number of hydrogen-bond donors (Lipinski definition) is 2. The number of nitro groups is 1. The predicted molar refractivity (Wildman–Crippen MR) is 60.1 cm³/mol. The Bertz CT molecular complexity index is 521. The molecular formula is C8H6N2O2S2. The van der Waals surface area contributed by atoms with Crippen LogP contribution in [0.15, 0.2) is 22.4 Å². The highest BCUT2D eigenvalue weighted by Gasteiger charge is 2.18. The number of nitrogens with zero attached hydrogens (tertiary/aromatic N) is 1. The predicted octanol–water partition coefficient (Wildman–Crippen LogP) is 2.68. The molecule has 0 unspecified atom stereocenters. The number of fused-ring (bicyclic) bond motifs is 1. The molecule has 72 valence electrons. The van der Waals surface area contributed by atoms with E-state index in [1.165, 1.54) is 11.3 Å². The Morgan fingerprint density at radius 1 is 1.50 bits per heavy atom. The van der Waals surface area contributed by atoms with E-state index in [4.69, 9.17) is 5.73 Å². The van der Waals surface area contributed by atoms with Crippen molar-refractivity contribution in [3.05, 3.63) is 27.6 Å². The first kappa shape index (κ1) is 9.29. The van der Waals surface area contributed by atoms with Crippen LogP contribution in [0, 0.1) is 10.1 Å². The summed E-state index contributed by atoms with van der Waals surface area (Å²) in [6.07, 6.45) is 0. The summed E-state index contributed by atoms with van der Waals surface area (Å²) in [5.74, 6) is 0. The Balaban J connectivity index is 2.90. The first-order valence-electron chi connectivity index (χ1n) is 3.74. The molecule has 0 aliphatic carbocycles. The van der Waals surface area contributed by atoms with E-state index in [1.807, 2.05) is 0 Å². The van der Waals surface area contributed by atoms with Crippen molar-refractivity contribution in [2.24, 2.45) is 0 Å². The average Bonchev–Trinajstić information content (AvgIpc) is 2.47. The second-order valence-electron chi connectivity index (χ2n) is 2.76. The maximum absolute atomic E-state index is 10.8. The van der Waals surface area contributed by atoms with Crippen molar-refractivity contribution in [1.29, 1.82) is 0 Å².